The lowest BCUT2D eigenvalue weighted by atomic mass is 10.1. The van der Waals surface area contributed by atoms with Crippen LogP contribution in [0.15, 0.2) is 36.5 Å². The average Bonchev–Trinajstić information content (AvgIpc) is 1.90. The molecular weight excluding hydrogens is 124 g/mol. The third-order valence-electron chi connectivity index (χ3n) is 1.45. The minimum Gasteiger partial charge on any atom is -0.385 e. The maximum Gasteiger partial charge on any atom is 0.0905 e. The van der Waals surface area contributed by atoms with Crippen LogP contribution in [0.1, 0.15) is 6.92 Å². The van der Waals surface area contributed by atoms with Gasteiger partial charge in [-0.2, -0.15) is 0 Å². The van der Waals surface area contributed by atoms with Gasteiger partial charge in [0.05, 0.1) is 6.10 Å². The third-order valence-corrected chi connectivity index (χ3v) is 1.45. The molecule has 0 aliphatic heterocycles. The molecule has 0 saturated heterocycles. The summed E-state index contributed by atoms with van der Waals surface area (Å²) in [5.41, 5.74) is 0. The first-order chi connectivity index (χ1) is 4.79. The summed E-state index contributed by atoms with van der Waals surface area (Å²) in [6.07, 6.45) is 11.0. The fourth-order valence-corrected chi connectivity index (χ4v) is 0.835. The normalized spacial score (nSPS) is 31.8. The molecule has 0 unspecified atom stereocenters. The summed E-state index contributed by atoms with van der Waals surface area (Å²) >= 11 is 0. The van der Waals surface area contributed by atoms with E-state index in [4.69, 9.17) is 5.11 Å². The largest absolute Gasteiger partial charge is 0.385 e. The lowest BCUT2D eigenvalue weighted by molar-refractivity contribution is 0.271. The molecule has 1 aliphatic rings. The van der Waals surface area contributed by atoms with E-state index >= 15 is 0 Å². The number of rotatable bonds is 0. The molecule has 10 heavy (non-hydrogen) atoms. The van der Waals surface area contributed by atoms with E-state index in [0.29, 0.717) is 5.92 Å². The van der Waals surface area contributed by atoms with E-state index < -0.39 is 6.10 Å². The Kier molecular flexibility index (Phi) is 2.46. The highest BCUT2D eigenvalue weighted by Crippen LogP contribution is 2.04. The Morgan fingerprint density at radius 1 is 1.00 bits per heavy atom. The Morgan fingerprint density at radius 2 is 1.70 bits per heavy atom. The highest BCUT2D eigenvalue weighted by molar-refractivity contribution is 5.15. The Bertz CT molecular complexity index is 157. The molecular formula is C9H12O. The van der Waals surface area contributed by atoms with Gasteiger partial charge in [0.2, 0.25) is 0 Å². The summed E-state index contributed by atoms with van der Waals surface area (Å²) in [4.78, 5) is 0. The average molecular weight is 136 g/mol. The predicted molar refractivity (Wildman–Crippen MR) is 42.6 cm³/mol. The van der Waals surface area contributed by atoms with Crippen LogP contribution in [0, 0.1) is 5.92 Å². The first-order valence-corrected chi connectivity index (χ1v) is 3.50. The predicted octanol–water partition coefficient (Wildman–Crippen LogP) is 1.67. The van der Waals surface area contributed by atoms with Gasteiger partial charge in [-0.1, -0.05) is 43.4 Å². The second-order valence-electron chi connectivity index (χ2n) is 2.50. The van der Waals surface area contributed by atoms with Crippen molar-refractivity contribution in [3.63, 3.8) is 0 Å². The topological polar surface area (TPSA) is 20.2 Å². The molecule has 0 radical (unpaired) electrons. The fraction of sp³-hybridized carbons (Fsp3) is 0.333. The lowest BCUT2D eigenvalue weighted by Gasteiger charge is -2.02. The number of allylic oxidation sites excluding steroid dienone is 4. The summed E-state index contributed by atoms with van der Waals surface area (Å²) in [6.45, 7) is 2.08. The molecule has 2 atom stereocenters. The second kappa shape index (κ2) is 3.37. The van der Waals surface area contributed by atoms with Crippen LogP contribution >= 0.6 is 0 Å². The summed E-state index contributed by atoms with van der Waals surface area (Å²) < 4.78 is 0. The summed E-state index contributed by atoms with van der Waals surface area (Å²) in [6, 6.07) is 0. The maximum absolute atomic E-state index is 9.12. The SMILES string of the molecule is C[C@@H]1C=CC=C[C@@H](O)C=C1. The van der Waals surface area contributed by atoms with E-state index in [-0.39, 0.29) is 0 Å². The van der Waals surface area contributed by atoms with E-state index in [9.17, 15) is 0 Å². The Morgan fingerprint density at radius 3 is 2.50 bits per heavy atom. The quantitative estimate of drug-likeness (QED) is 0.502. The van der Waals surface area contributed by atoms with Gasteiger partial charge >= 0.3 is 0 Å². The van der Waals surface area contributed by atoms with Crippen molar-refractivity contribution in [2.75, 3.05) is 0 Å². The molecule has 1 aliphatic carbocycles. The first-order valence-electron chi connectivity index (χ1n) is 3.50. The van der Waals surface area contributed by atoms with Gasteiger partial charge in [-0.05, 0) is 5.92 Å². The van der Waals surface area contributed by atoms with Crippen LogP contribution in [0.2, 0.25) is 0 Å². The van der Waals surface area contributed by atoms with Gasteiger partial charge in [0.15, 0.2) is 0 Å². The van der Waals surface area contributed by atoms with Crippen LogP contribution in [0.25, 0.3) is 0 Å². The highest BCUT2D eigenvalue weighted by Gasteiger charge is 1.95. The van der Waals surface area contributed by atoms with E-state index in [0.717, 1.165) is 0 Å². The van der Waals surface area contributed by atoms with Crippen molar-refractivity contribution in [2.45, 2.75) is 13.0 Å². The number of aliphatic hydroxyl groups excluding tert-OH is 1. The van der Waals surface area contributed by atoms with Gasteiger partial charge in [0.25, 0.3) is 0 Å². The van der Waals surface area contributed by atoms with Gasteiger partial charge in [-0.25, -0.2) is 0 Å². The second-order valence-corrected chi connectivity index (χ2v) is 2.50. The molecule has 1 N–H and O–H groups in total. The molecule has 0 heterocycles. The third kappa shape index (κ3) is 2.19. The van der Waals surface area contributed by atoms with E-state index in [1.807, 2.05) is 18.2 Å². The fourth-order valence-electron chi connectivity index (χ4n) is 0.835. The van der Waals surface area contributed by atoms with Crippen LogP contribution in [0.3, 0.4) is 0 Å². The molecule has 54 valence electrons. The van der Waals surface area contributed by atoms with E-state index in [1.54, 1.807) is 12.2 Å². The van der Waals surface area contributed by atoms with Crippen LogP contribution < -0.4 is 0 Å². The van der Waals surface area contributed by atoms with Gasteiger partial charge < -0.3 is 5.11 Å². The molecule has 0 spiro atoms. The Labute approximate surface area is 61.4 Å². The zero-order chi connectivity index (χ0) is 7.40. The van der Waals surface area contributed by atoms with Crippen LogP contribution in [-0.4, -0.2) is 11.2 Å². The molecule has 0 amide bonds. The molecule has 1 rings (SSSR count). The van der Waals surface area contributed by atoms with Crippen molar-refractivity contribution in [1.82, 2.24) is 0 Å². The van der Waals surface area contributed by atoms with Crippen molar-refractivity contribution < 1.29 is 5.11 Å². The van der Waals surface area contributed by atoms with E-state index in [2.05, 4.69) is 13.0 Å². The summed E-state index contributed by atoms with van der Waals surface area (Å²) in [5, 5.41) is 9.12. The van der Waals surface area contributed by atoms with Gasteiger partial charge in [0.1, 0.15) is 0 Å². The molecule has 0 aromatic rings. The van der Waals surface area contributed by atoms with Crippen LogP contribution in [0.4, 0.5) is 0 Å². The number of hydrogen-bond acceptors (Lipinski definition) is 1. The van der Waals surface area contributed by atoms with Crippen LogP contribution in [0.5, 0.6) is 0 Å². The minimum absolute atomic E-state index is 0.410. The van der Waals surface area contributed by atoms with Crippen molar-refractivity contribution in [3.8, 4) is 0 Å². The van der Waals surface area contributed by atoms with Crippen molar-refractivity contribution in [1.29, 1.82) is 0 Å². The summed E-state index contributed by atoms with van der Waals surface area (Å²) in [7, 11) is 0. The summed E-state index contributed by atoms with van der Waals surface area (Å²) in [5.74, 6) is 0.430. The van der Waals surface area contributed by atoms with E-state index in [1.165, 1.54) is 0 Å². The standard InChI is InChI=1S/C9H12O/c1-8-4-2-3-5-9(10)7-6-8/h2-10H,1H3/t8-,9-/m1/s1. The first kappa shape index (κ1) is 7.29. The molecule has 0 bridgehead atoms. The molecule has 1 nitrogen and oxygen atoms in total. The molecule has 0 aromatic carbocycles. The van der Waals surface area contributed by atoms with Crippen molar-refractivity contribution in [2.24, 2.45) is 5.92 Å². The molecule has 0 fully saturated rings. The smallest absolute Gasteiger partial charge is 0.0905 e. The highest BCUT2D eigenvalue weighted by atomic mass is 16.3. The van der Waals surface area contributed by atoms with Gasteiger partial charge in [-0.3, -0.25) is 0 Å². The number of aliphatic hydroxyl groups is 1. The van der Waals surface area contributed by atoms with Crippen molar-refractivity contribution >= 4 is 0 Å². The lowest BCUT2D eigenvalue weighted by Crippen LogP contribution is -1.98. The maximum atomic E-state index is 9.12. The Balaban J connectivity index is 2.70. The van der Waals surface area contributed by atoms with Crippen molar-refractivity contribution in [3.05, 3.63) is 36.5 Å². The monoisotopic (exact) mass is 136 g/mol. The minimum atomic E-state index is -0.410. The molecule has 1 heteroatoms. The zero-order valence-electron chi connectivity index (χ0n) is 6.07. The number of hydrogen-bond donors (Lipinski definition) is 1. The van der Waals surface area contributed by atoms with Crippen LogP contribution in [-0.2, 0) is 0 Å². The van der Waals surface area contributed by atoms with Gasteiger partial charge in [0, 0.05) is 0 Å². The molecule has 0 aromatic heterocycles. The Hall–Kier alpha value is -0.820. The van der Waals surface area contributed by atoms with Gasteiger partial charge in [-0.15, -0.1) is 0 Å². The zero-order valence-corrected chi connectivity index (χ0v) is 6.07. The molecule has 0 saturated carbocycles.